The summed E-state index contributed by atoms with van der Waals surface area (Å²) in [5.41, 5.74) is 11.8. The molecule has 0 radical (unpaired) electrons. The summed E-state index contributed by atoms with van der Waals surface area (Å²) in [4.78, 5) is 25.5. The normalized spacial score (nSPS) is 13.8. The molecular weight excluding hydrogens is 364 g/mol. The molecule has 0 spiro atoms. The molecule has 5 heteroatoms. The minimum Gasteiger partial charge on any atom is -0.478 e. The summed E-state index contributed by atoms with van der Waals surface area (Å²) < 4.78 is 0. The van der Waals surface area contributed by atoms with Crippen LogP contribution in [0.2, 0.25) is 0 Å². The first kappa shape index (κ1) is 18.9. The third-order valence-corrected chi connectivity index (χ3v) is 5.34. The van der Waals surface area contributed by atoms with Gasteiger partial charge in [0.1, 0.15) is 0 Å². The third-order valence-electron chi connectivity index (χ3n) is 5.34. The monoisotopic (exact) mass is 386 g/mol. The molecule has 146 valence electrons. The zero-order valence-electron chi connectivity index (χ0n) is 15.9. The number of amides is 1. The van der Waals surface area contributed by atoms with Crippen molar-refractivity contribution in [3.63, 3.8) is 0 Å². The average molecular weight is 386 g/mol. The van der Waals surface area contributed by atoms with Crippen LogP contribution in [0.15, 0.2) is 72.8 Å². The highest BCUT2D eigenvalue weighted by Gasteiger charge is 2.26. The van der Waals surface area contributed by atoms with Crippen molar-refractivity contribution in [3.8, 4) is 11.1 Å². The number of carbonyl (C=O) groups excluding carboxylic acids is 1. The van der Waals surface area contributed by atoms with E-state index < -0.39 is 12.0 Å². The van der Waals surface area contributed by atoms with Gasteiger partial charge < -0.3 is 15.7 Å². The van der Waals surface area contributed by atoms with Gasteiger partial charge in [0.25, 0.3) is 0 Å². The van der Waals surface area contributed by atoms with Gasteiger partial charge in [0, 0.05) is 13.1 Å². The Labute approximate surface area is 169 Å². The Morgan fingerprint density at radius 3 is 1.90 bits per heavy atom. The highest BCUT2D eigenvalue weighted by Crippen LogP contribution is 2.24. The number of carbonyl (C=O) groups is 2. The lowest BCUT2D eigenvalue weighted by atomic mass is 9.99. The van der Waals surface area contributed by atoms with Crippen LogP contribution in [0.1, 0.15) is 27.0 Å². The highest BCUT2D eigenvalue weighted by molar-refractivity contribution is 5.88. The van der Waals surface area contributed by atoms with Gasteiger partial charge in [0.15, 0.2) is 0 Å². The SMILES string of the molecule is NC(Cc1ccc(-c2ccc(C(=O)O)cc2)cc1)C(=O)N1Cc2ccccc2C1. The van der Waals surface area contributed by atoms with Crippen molar-refractivity contribution in [1.82, 2.24) is 4.90 Å². The molecule has 3 N–H and O–H groups in total. The largest absolute Gasteiger partial charge is 0.478 e. The van der Waals surface area contributed by atoms with Crippen molar-refractivity contribution in [1.29, 1.82) is 0 Å². The number of rotatable bonds is 5. The maximum atomic E-state index is 12.7. The second-order valence-corrected chi connectivity index (χ2v) is 7.35. The predicted molar refractivity (Wildman–Crippen MR) is 111 cm³/mol. The number of aromatic carboxylic acids is 1. The average Bonchev–Trinajstić information content (AvgIpc) is 3.18. The molecule has 0 fully saturated rings. The van der Waals surface area contributed by atoms with Crippen molar-refractivity contribution < 1.29 is 14.7 Å². The molecule has 3 aromatic rings. The smallest absolute Gasteiger partial charge is 0.335 e. The molecule has 1 amide bonds. The molecule has 1 heterocycles. The van der Waals surface area contributed by atoms with Gasteiger partial charge in [0.2, 0.25) is 5.91 Å². The number of hydrogen-bond donors (Lipinski definition) is 2. The Balaban J connectivity index is 1.39. The van der Waals surface area contributed by atoms with Gasteiger partial charge in [-0.25, -0.2) is 4.79 Å². The van der Waals surface area contributed by atoms with Gasteiger partial charge in [0.05, 0.1) is 11.6 Å². The van der Waals surface area contributed by atoms with Crippen molar-refractivity contribution in [2.45, 2.75) is 25.6 Å². The molecule has 0 saturated carbocycles. The summed E-state index contributed by atoms with van der Waals surface area (Å²) in [6.07, 6.45) is 0.476. The van der Waals surface area contributed by atoms with Gasteiger partial charge >= 0.3 is 5.97 Å². The molecule has 4 rings (SSSR count). The fourth-order valence-electron chi connectivity index (χ4n) is 3.70. The summed E-state index contributed by atoms with van der Waals surface area (Å²) in [5.74, 6) is -0.971. The highest BCUT2D eigenvalue weighted by atomic mass is 16.4. The molecule has 0 saturated heterocycles. The molecule has 0 aliphatic carbocycles. The maximum absolute atomic E-state index is 12.7. The van der Waals surface area contributed by atoms with E-state index in [9.17, 15) is 9.59 Å². The fraction of sp³-hybridized carbons (Fsp3) is 0.167. The number of carboxylic acid groups (broad SMARTS) is 1. The van der Waals surface area contributed by atoms with E-state index >= 15 is 0 Å². The van der Waals surface area contributed by atoms with Crippen molar-refractivity contribution in [2.75, 3.05) is 0 Å². The first-order chi connectivity index (χ1) is 14.0. The summed E-state index contributed by atoms with van der Waals surface area (Å²) in [5, 5.41) is 9.00. The van der Waals surface area contributed by atoms with Gasteiger partial charge in [-0.1, -0.05) is 60.7 Å². The van der Waals surface area contributed by atoms with Crippen LogP contribution < -0.4 is 5.73 Å². The quantitative estimate of drug-likeness (QED) is 0.703. The lowest BCUT2D eigenvalue weighted by Crippen LogP contribution is -2.42. The molecule has 0 bridgehead atoms. The van der Waals surface area contributed by atoms with Crippen molar-refractivity contribution in [3.05, 3.63) is 95.1 Å². The van der Waals surface area contributed by atoms with Gasteiger partial charge in [-0.2, -0.15) is 0 Å². The molecule has 1 aliphatic heterocycles. The zero-order chi connectivity index (χ0) is 20.4. The van der Waals surface area contributed by atoms with Gasteiger partial charge in [-0.15, -0.1) is 0 Å². The van der Waals surface area contributed by atoms with Gasteiger partial charge in [-0.3, -0.25) is 4.79 Å². The fourth-order valence-corrected chi connectivity index (χ4v) is 3.70. The van der Waals surface area contributed by atoms with E-state index in [2.05, 4.69) is 12.1 Å². The Bertz CT molecular complexity index is 1020. The van der Waals surface area contributed by atoms with Gasteiger partial charge in [-0.05, 0) is 46.4 Å². The molecule has 5 nitrogen and oxygen atoms in total. The van der Waals surface area contributed by atoms with Crippen molar-refractivity contribution in [2.24, 2.45) is 5.73 Å². The number of nitrogens with zero attached hydrogens (tertiary/aromatic N) is 1. The topological polar surface area (TPSA) is 83.6 Å². The standard InChI is InChI=1S/C24H22N2O3/c25-22(23(27)26-14-20-3-1-2-4-21(20)15-26)13-16-5-7-17(8-6-16)18-9-11-19(12-10-18)24(28)29/h1-12,22H,13-15,25H2,(H,28,29). The Hall–Kier alpha value is -3.44. The lowest BCUT2D eigenvalue weighted by Gasteiger charge is -2.20. The van der Waals surface area contributed by atoms with Crippen LogP contribution >= 0.6 is 0 Å². The Kier molecular flexibility index (Phi) is 5.14. The summed E-state index contributed by atoms with van der Waals surface area (Å²) in [6.45, 7) is 1.24. The molecule has 1 atom stereocenters. The van der Waals surface area contributed by atoms with E-state index in [1.54, 1.807) is 24.3 Å². The van der Waals surface area contributed by atoms with E-state index in [4.69, 9.17) is 10.8 Å². The Morgan fingerprint density at radius 2 is 1.38 bits per heavy atom. The number of carboxylic acids is 1. The Morgan fingerprint density at radius 1 is 0.862 bits per heavy atom. The predicted octanol–water partition coefficient (Wildman–Crippen LogP) is 3.46. The molecule has 0 aromatic heterocycles. The van der Waals surface area contributed by atoms with Crippen LogP contribution in [0.4, 0.5) is 0 Å². The zero-order valence-corrected chi connectivity index (χ0v) is 15.9. The minimum absolute atomic E-state index is 0.0328. The van der Waals surface area contributed by atoms with E-state index in [0.717, 1.165) is 16.7 Å². The third kappa shape index (κ3) is 4.05. The molecule has 29 heavy (non-hydrogen) atoms. The molecular formula is C24H22N2O3. The van der Waals surface area contributed by atoms with Crippen LogP contribution in [0, 0.1) is 0 Å². The van der Waals surface area contributed by atoms with E-state index in [1.807, 2.05) is 41.3 Å². The summed E-state index contributed by atoms with van der Waals surface area (Å²) in [6, 6.07) is 22.1. The lowest BCUT2D eigenvalue weighted by molar-refractivity contribution is -0.133. The molecule has 1 unspecified atom stereocenters. The minimum atomic E-state index is -0.938. The van der Waals surface area contributed by atoms with Crippen molar-refractivity contribution >= 4 is 11.9 Å². The van der Waals surface area contributed by atoms with Crippen LogP contribution in [-0.2, 0) is 24.3 Å². The first-order valence-electron chi connectivity index (χ1n) is 9.55. The second kappa shape index (κ2) is 7.89. The molecule has 1 aliphatic rings. The number of fused-ring (bicyclic) bond motifs is 1. The van der Waals surface area contributed by atoms with Crippen LogP contribution in [0.3, 0.4) is 0 Å². The van der Waals surface area contributed by atoms with Crippen LogP contribution in [0.25, 0.3) is 11.1 Å². The maximum Gasteiger partial charge on any atom is 0.335 e. The number of hydrogen-bond acceptors (Lipinski definition) is 3. The van der Waals surface area contributed by atoms with E-state index in [0.29, 0.717) is 19.5 Å². The van der Waals surface area contributed by atoms with E-state index in [1.165, 1.54) is 11.1 Å². The van der Waals surface area contributed by atoms with Crippen LogP contribution in [0.5, 0.6) is 0 Å². The second-order valence-electron chi connectivity index (χ2n) is 7.35. The summed E-state index contributed by atoms with van der Waals surface area (Å²) in [7, 11) is 0. The van der Waals surface area contributed by atoms with Crippen LogP contribution in [-0.4, -0.2) is 27.9 Å². The van der Waals surface area contributed by atoms with E-state index in [-0.39, 0.29) is 11.5 Å². The number of nitrogens with two attached hydrogens (primary N) is 1. The first-order valence-corrected chi connectivity index (χ1v) is 9.55. The number of benzene rings is 3. The summed E-state index contributed by atoms with van der Waals surface area (Å²) >= 11 is 0. The molecule has 3 aromatic carbocycles.